The Bertz CT molecular complexity index is 1830. The maximum atomic E-state index is 6.31. The number of aryl methyl sites for hydroxylation is 1. The summed E-state index contributed by atoms with van der Waals surface area (Å²) in [5.74, 6) is 1.55. The minimum absolute atomic E-state index is 0.758. The molecule has 39 heavy (non-hydrogen) atoms. The minimum Gasteiger partial charge on any atom is -0.457 e. The lowest BCUT2D eigenvalue weighted by molar-refractivity contribution is 0.480. The van der Waals surface area contributed by atoms with Crippen LogP contribution in [0.25, 0.3) is 33.3 Å². The van der Waals surface area contributed by atoms with Crippen LogP contribution in [0.4, 0.5) is 5.69 Å². The highest BCUT2D eigenvalue weighted by Gasteiger charge is 2.20. The van der Waals surface area contributed by atoms with Crippen molar-refractivity contribution in [2.45, 2.75) is 13.8 Å². The number of aromatic nitrogens is 4. The van der Waals surface area contributed by atoms with Crippen molar-refractivity contribution >= 4 is 27.6 Å². The summed E-state index contributed by atoms with van der Waals surface area (Å²) < 4.78 is 10.6. The number of fused-ring (bicyclic) bond motifs is 3. The predicted octanol–water partition coefficient (Wildman–Crippen LogP) is 6.95. The molecular formula is C32H28N6O. The lowest BCUT2D eigenvalue weighted by Crippen LogP contribution is -2.21. The smallest absolute Gasteiger partial charge is 0.129 e. The Morgan fingerprint density at radius 1 is 0.769 bits per heavy atom. The maximum Gasteiger partial charge on any atom is 0.129 e. The van der Waals surface area contributed by atoms with Gasteiger partial charge in [0.1, 0.15) is 11.5 Å². The van der Waals surface area contributed by atoms with Gasteiger partial charge < -0.3 is 19.1 Å². The van der Waals surface area contributed by atoms with Gasteiger partial charge in [0.05, 0.1) is 46.0 Å². The summed E-state index contributed by atoms with van der Waals surface area (Å²) in [7, 11) is 2.06. The molecule has 0 saturated heterocycles. The number of ether oxygens (including phenoxy) is 1. The first-order chi connectivity index (χ1) is 19.1. The van der Waals surface area contributed by atoms with Gasteiger partial charge >= 0.3 is 0 Å². The van der Waals surface area contributed by atoms with E-state index in [9.17, 15) is 0 Å². The summed E-state index contributed by atoms with van der Waals surface area (Å²) in [5.41, 5.74) is 8.27. The Kier molecular flexibility index (Phi) is 5.37. The van der Waals surface area contributed by atoms with Crippen LogP contribution < -0.4 is 9.64 Å². The Morgan fingerprint density at radius 2 is 1.51 bits per heavy atom. The molecule has 1 aliphatic rings. The van der Waals surface area contributed by atoms with Gasteiger partial charge in [-0.15, -0.1) is 0 Å². The molecule has 0 radical (unpaired) electrons. The van der Waals surface area contributed by atoms with Crippen LogP contribution in [-0.2, 0) is 0 Å². The summed E-state index contributed by atoms with van der Waals surface area (Å²) in [6.07, 6.45) is 5.99. The maximum absolute atomic E-state index is 6.31. The zero-order chi connectivity index (χ0) is 26.5. The quantitative estimate of drug-likeness (QED) is 0.250. The fourth-order valence-corrected chi connectivity index (χ4v) is 5.47. The molecular weight excluding hydrogens is 484 g/mol. The Morgan fingerprint density at radius 3 is 2.31 bits per heavy atom. The average Bonchev–Trinajstić information content (AvgIpc) is 3.62. The van der Waals surface area contributed by atoms with E-state index >= 15 is 0 Å². The standard InChI is InChI=1S/C32H28N6O/c1-22-32(37-29-14-5-4-13-28(29)31-30(37)15-8-16-33-31)23(2)38(34-22)25-10-7-12-27(20-25)39-26-11-6-9-24(19-26)36-18-17-35(3)21-36/h4-20H,21H2,1-3H3. The second-order valence-electron chi connectivity index (χ2n) is 9.92. The molecule has 3 aromatic heterocycles. The number of benzene rings is 3. The molecule has 0 saturated carbocycles. The van der Waals surface area contributed by atoms with Crippen LogP contribution in [0.15, 0.2) is 104 Å². The van der Waals surface area contributed by atoms with Gasteiger partial charge in [-0.2, -0.15) is 5.10 Å². The van der Waals surface area contributed by atoms with Crippen LogP contribution in [0, 0.1) is 13.8 Å². The molecule has 7 heteroatoms. The summed E-state index contributed by atoms with van der Waals surface area (Å²) in [4.78, 5) is 9.01. The summed E-state index contributed by atoms with van der Waals surface area (Å²) in [6, 6.07) is 28.8. The van der Waals surface area contributed by atoms with E-state index < -0.39 is 0 Å². The molecule has 3 aromatic carbocycles. The van der Waals surface area contributed by atoms with E-state index in [0.29, 0.717) is 0 Å². The zero-order valence-corrected chi connectivity index (χ0v) is 22.1. The molecule has 0 unspecified atom stereocenters. The number of nitrogens with zero attached hydrogens (tertiary/aromatic N) is 6. The Labute approximate surface area is 226 Å². The fraction of sp³-hybridized carbons (Fsp3) is 0.125. The second-order valence-corrected chi connectivity index (χ2v) is 9.92. The Balaban J connectivity index is 1.26. The minimum atomic E-state index is 0.758. The van der Waals surface area contributed by atoms with E-state index in [0.717, 1.165) is 68.6 Å². The van der Waals surface area contributed by atoms with Crippen molar-refractivity contribution in [3.05, 3.63) is 115 Å². The van der Waals surface area contributed by atoms with Crippen molar-refractivity contribution in [3.63, 3.8) is 0 Å². The lowest BCUT2D eigenvalue weighted by Gasteiger charge is -2.19. The summed E-state index contributed by atoms with van der Waals surface area (Å²) in [5, 5.41) is 6.11. The molecule has 0 atom stereocenters. The van der Waals surface area contributed by atoms with Gasteiger partial charge in [0.2, 0.25) is 0 Å². The van der Waals surface area contributed by atoms with Crippen LogP contribution in [-0.4, -0.2) is 37.9 Å². The van der Waals surface area contributed by atoms with Crippen molar-refractivity contribution in [3.8, 4) is 22.9 Å². The topological polar surface area (TPSA) is 51.4 Å². The van der Waals surface area contributed by atoms with Crippen LogP contribution in [0.1, 0.15) is 11.4 Å². The van der Waals surface area contributed by atoms with Gasteiger partial charge in [-0.3, -0.25) is 4.98 Å². The van der Waals surface area contributed by atoms with Gasteiger partial charge in [-0.1, -0.05) is 30.3 Å². The number of para-hydroxylation sites is 1. The first-order valence-corrected chi connectivity index (χ1v) is 13.0. The van der Waals surface area contributed by atoms with E-state index in [1.807, 2.05) is 47.3 Å². The highest BCUT2D eigenvalue weighted by Crippen LogP contribution is 2.34. The van der Waals surface area contributed by atoms with E-state index in [-0.39, 0.29) is 0 Å². The molecule has 0 aliphatic carbocycles. The van der Waals surface area contributed by atoms with Crippen molar-refractivity contribution in [1.82, 2.24) is 24.2 Å². The van der Waals surface area contributed by atoms with E-state index in [1.54, 1.807) is 0 Å². The predicted molar refractivity (Wildman–Crippen MR) is 156 cm³/mol. The third-order valence-corrected chi connectivity index (χ3v) is 7.23. The first-order valence-electron chi connectivity index (χ1n) is 13.0. The molecule has 0 N–H and O–H groups in total. The molecule has 0 fully saturated rings. The fourth-order valence-electron chi connectivity index (χ4n) is 5.47. The van der Waals surface area contributed by atoms with Gasteiger partial charge in [0.25, 0.3) is 0 Å². The molecule has 0 bridgehead atoms. The largest absolute Gasteiger partial charge is 0.457 e. The number of anilines is 1. The third-order valence-electron chi connectivity index (χ3n) is 7.23. The first kappa shape index (κ1) is 23.1. The number of hydrogen-bond donors (Lipinski definition) is 0. The zero-order valence-electron chi connectivity index (χ0n) is 22.1. The molecule has 7 nitrogen and oxygen atoms in total. The molecule has 1 aliphatic heterocycles. The van der Waals surface area contributed by atoms with E-state index in [2.05, 4.69) is 96.2 Å². The molecule has 0 amide bonds. The van der Waals surface area contributed by atoms with Gasteiger partial charge in [-0.25, -0.2) is 4.68 Å². The Hall–Kier alpha value is -5.04. The molecule has 6 aromatic rings. The van der Waals surface area contributed by atoms with E-state index in [4.69, 9.17) is 14.8 Å². The van der Waals surface area contributed by atoms with Crippen molar-refractivity contribution < 1.29 is 4.74 Å². The molecule has 7 rings (SSSR count). The van der Waals surface area contributed by atoms with Gasteiger partial charge in [-0.05, 0) is 56.3 Å². The van der Waals surface area contributed by atoms with Gasteiger partial charge in [0.15, 0.2) is 0 Å². The van der Waals surface area contributed by atoms with Crippen LogP contribution in [0.3, 0.4) is 0 Å². The van der Waals surface area contributed by atoms with Crippen LogP contribution in [0.5, 0.6) is 11.5 Å². The second kappa shape index (κ2) is 9.06. The number of rotatable bonds is 5. The molecule has 192 valence electrons. The molecule has 0 spiro atoms. The average molecular weight is 513 g/mol. The van der Waals surface area contributed by atoms with Crippen molar-refractivity contribution in [2.24, 2.45) is 0 Å². The molecule has 4 heterocycles. The SMILES string of the molecule is Cc1nn(-c2cccc(Oc3cccc(N4C=CN(C)C4)c3)c2)c(C)c1-n1c2ccccc2c2ncccc21. The summed E-state index contributed by atoms with van der Waals surface area (Å²) in [6.45, 7) is 5.00. The number of pyridine rings is 1. The normalized spacial score (nSPS) is 13.2. The van der Waals surface area contributed by atoms with Crippen LogP contribution in [0.2, 0.25) is 0 Å². The third kappa shape index (κ3) is 3.90. The lowest BCUT2D eigenvalue weighted by atomic mass is 10.2. The monoisotopic (exact) mass is 512 g/mol. The highest BCUT2D eigenvalue weighted by atomic mass is 16.5. The van der Waals surface area contributed by atoms with Crippen LogP contribution >= 0.6 is 0 Å². The number of hydrogen-bond acceptors (Lipinski definition) is 5. The highest BCUT2D eigenvalue weighted by molar-refractivity contribution is 6.07. The summed E-state index contributed by atoms with van der Waals surface area (Å²) >= 11 is 0. The van der Waals surface area contributed by atoms with Gasteiger partial charge in [0, 0.05) is 48.9 Å². The van der Waals surface area contributed by atoms with Crippen molar-refractivity contribution in [2.75, 3.05) is 18.6 Å². The van der Waals surface area contributed by atoms with E-state index in [1.165, 1.54) is 0 Å². The van der Waals surface area contributed by atoms with Crippen molar-refractivity contribution in [1.29, 1.82) is 0 Å².